The summed E-state index contributed by atoms with van der Waals surface area (Å²) in [6, 6.07) is 8.41. The monoisotopic (exact) mass is 440 g/mol. The number of hydrogen-bond donors (Lipinski definition) is 1. The van der Waals surface area contributed by atoms with E-state index in [-0.39, 0.29) is 11.8 Å². The molecule has 0 radical (unpaired) electrons. The highest BCUT2D eigenvalue weighted by Crippen LogP contribution is 2.28. The lowest BCUT2D eigenvalue weighted by atomic mass is 9.94. The van der Waals surface area contributed by atoms with E-state index in [0.717, 1.165) is 38.2 Å². The van der Waals surface area contributed by atoms with Crippen LogP contribution in [0.5, 0.6) is 0 Å². The van der Waals surface area contributed by atoms with E-state index in [1.807, 2.05) is 37.8 Å². The maximum absolute atomic E-state index is 11.7. The van der Waals surface area contributed by atoms with Crippen molar-refractivity contribution in [2.45, 2.75) is 78.7 Å². The summed E-state index contributed by atoms with van der Waals surface area (Å²) in [5.74, 6) is 0.557. The zero-order chi connectivity index (χ0) is 23.5. The highest BCUT2D eigenvalue weighted by Gasteiger charge is 2.20. The Morgan fingerprint density at radius 2 is 1.97 bits per heavy atom. The SMILES string of the molecule is CC1CCCN(c2ccc(NC(=O)C(C)C)cc2C#N)C1.CCN(C=O)C1CCCCC1. The lowest BCUT2D eigenvalue weighted by Gasteiger charge is -2.33. The molecule has 1 saturated carbocycles. The van der Waals surface area contributed by atoms with E-state index in [0.29, 0.717) is 23.2 Å². The summed E-state index contributed by atoms with van der Waals surface area (Å²) in [6.45, 7) is 10.9. The van der Waals surface area contributed by atoms with E-state index in [4.69, 9.17) is 0 Å². The normalized spacial score (nSPS) is 18.9. The van der Waals surface area contributed by atoms with Crippen LogP contribution in [0.15, 0.2) is 18.2 Å². The number of nitrogens with one attached hydrogen (secondary N) is 1. The Balaban J connectivity index is 0.000000278. The predicted molar refractivity (Wildman–Crippen MR) is 131 cm³/mol. The molecule has 6 heteroatoms. The fraction of sp³-hybridized carbons (Fsp3) is 0.654. The third-order valence-electron chi connectivity index (χ3n) is 6.45. The second-order valence-corrected chi connectivity index (χ2v) is 9.41. The van der Waals surface area contributed by atoms with Crippen molar-refractivity contribution in [3.8, 4) is 6.07 Å². The molecule has 1 aromatic rings. The molecule has 32 heavy (non-hydrogen) atoms. The zero-order valence-electron chi connectivity index (χ0n) is 20.3. The standard InChI is InChI=1S/C17H23N3O.C9H17NO/c1-12(2)17(21)19-15-6-7-16(14(9-15)10-18)20-8-4-5-13(3)11-20;1-2-10(8-11)9-6-4-3-5-7-9/h6-7,9,12-13H,4-5,8,11H2,1-3H3,(H,19,21);8-9H,2-7H2,1H3. The first-order chi connectivity index (χ1) is 15.4. The summed E-state index contributed by atoms with van der Waals surface area (Å²) in [5, 5.41) is 12.2. The van der Waals surface area contributed by atoms with Gasteiger partial charge in [0.2, 0.25) is 12.3 Å². The molecule has 0 spiro atoms. The van der Waals surface area contributed by atoms with Crippen LogP contribution in [0, 0.1) is 23.2 Å². The van der Waals surface area contributed by atoms with Gasteiger partial charge in [0.15, 0.2) is 0 Å². The second-order valence-electron chi connectivity index (χ2n) is 9.41. The number of carbonyl (C=O) groups excluding carboxylic acids is 2. The van der Waals surface area contributed by atoms with Crippen molar-refractivity contribution in [2.75, 3.05) is 29.9 Å². The number of amides is 2. The number of piperidine rings is 1. The number of hydrogen-bond acceptors (Lipinski definition) is 4. The largest absolute Gasteiger partial charge is 0.370 e. The van der Waals surface area contributed by atoms with E-state index in [1.54, 1.807) is 6.07 Å². The molecular formula is C26H40N4O2. The molecule has 176 valence electrons. The molecule has 1 saturated heterocycles. The summed E-state index contributed by atoms with van der Waals surface area (Å²) in [6.07, 6.45) is 9.80. The van der Waals surface area contributed by atoms with Crippen LogP contribution in [0.4, 0.5) is 11.4 Å². The Hall–Kier alpha value is -2.55. The summed E-state index contributed by atoms with van der Waals surface area (Å²) in [5.41, 5.74) is 2.30. The maximum atomic E-state index is 11.7. The minimum absolute atomic E-state index is 0.0294. The Morgan fingerprint density at radius 3 is 2.53 bits per heavy atom. The zero-order valence-corrected chi connectivity index (χ0v) is 20.3. The number of rotatable bonds is 6. The van der Waals surface area contributed by atoms with Crippen LogP contribution in [0.2, 0.25) is 0 Å². The van der Waals surface area contributed by atoms with Gasteiger partial charge in [0.25, 0.3) is 0 Å². The van der Waals surface area contributed by atoms with Gasteiger partial charge in [-0.05, 0) is 56.7 Å². The first-order valence-corrected chi connectivity index (χ1v) is 12.2. The Labute approximate surface area is 194 Å². The molecule has 6 nitrogen and oxygen atoms in total. The molecule has 0 aromatic heterocycles. The van der Waals surface area contributed by atoms with Gasteiger partial charge >= 0.3 is 0 Å². The van der Waals surface area contributed by atoms with Crippen LogP contribution in [-0.4, -0.2) is 42.9 Å². The maximum Gasteiger partial charge on any atom is 0.226 e. The van der Waals surface area contributed by atoms with Gasteiger partial charge in [-0.25, -0.2) is 0 Å². The Bertz CT molecular complexity index is 781. The van der Waals surface area contributed by atoms with Gasteiger partial charge in [-0.3, -0.25) is 9.59 Å². The second kappa shape index (κ2) is 13.1. The number of nitrogens with zero attached hydrogens (tertiary/aromatic N) is 3. The van der Waals surface area contributed by atoms with E-state index < -0.39 is 0 Å². The van der Waals surface area contributed by atoms with Crippen LogP contribution in [0.1, 0.15) is 78.2 Å². The van der Waals surface area contributed by atoms with Crippen molar-refractivity contribution in [3.63, 3.8) is 0 Å². The molecule has 2 fully saturated rings. The van der Waals surface area contributed by atoms with Gasteiger partial charge < -0.3 is 15.1 Å². The summed E-state index contributed by atoms with van der Waals surface area (Å²) < 4.78 is 0. The average molecular weight is 441 g/mol. The topological polar surface area (TPSA) is 76.4 Å². The van der Waals surface area contributed by atoms with E-state index in [1.165, 1.54) is 38.5 Å². The summed E-state index contributed by atoms with van der Waals surface area (Å²) >= 11 is 0. The molecular weight excluding hydrogens is 400 g/mol. The smallest absolute Gasteiger partial charge is 0.226 e. The minimum Gasteiger partial charge on any atom is -0.370 e. The van der Waals surface area contributed by atoms with Crippen LogP contribution in [0.3, 0.4) is 0 Å². The van der Waals surface area contributed by atoms with Crippen LogP contribution < -0.4 is 10.2 Å². The third-order valence-corrected chi connectivity index (χ3v) is 6.45. The van der Waals surface area contributed by atoms with Gasteiger partial charge in [-0.1, -0.05) is 40.0 Å². The van der Waals surface area contributed by atoms with Crippen LogP contribution in [-0.2, 0) is 9.59 Å². The van der Waals surface area contributed by atoms with Gasteiger partial charge in [-0.2, -0.15) is 5.26 Å². The lowest BCUT2D eigenvalue weighted by molar-refractivity contribution is -0.120. The molecule has 0 bridgehead atoms. The molecule has 1 aliphatic heterocycles. The van der Waals surface area contributed by atoms with E-state index in [9.17, 15) is 14.9 Å². The molecule has 1 unspecified atom stereocenters. The fourth-order valence-electron chi connectivity index (χ4n) is 4.51. The lowest BCUT2D eigenvalue weighted by Crippen LogP contribution is -2.35. The molecule has 1 heterocycles. The van der Waals surface area contributed by atoms with Crippen molar-refractivity contribution in [3.05, 3.63) is 23.8 Å². The van der Waals surface area contributed by atoms with E-state index >= 15 is 0 Å². The van der Waals surface area contributed by atoms with E-state index in [2.05, 4.69) is 23.2 Å². The number of carbonyl (C=O) groups is 2. The molecule has 1 aliphatic carbocycles. The van der Waals surface area contributed by atoms with Crippen molar-refractivity contribution in [2.24, 2.45) is 11.8 Å². The summed E-state index contributed by atoms with van der Waals surface area (Å²) in [7, 11) is 0. The van der Waals surface area contributed by atoms with Gasteiger partial charge in [0, 0.05) is 37.3 Å². The highest BCUT2D eigenvalue weighted by molar-refractivity contribution is 5.92. The number of anilines is 2. The average Bonchev–Trinajstić information content (AvgIpc) is 2.81. The summed E-state index contributed by atoms with van der Waals surface area (Å²) in [4.78, 5) is 26.5. The molecule has 1 N–H and O–H groups in total. The first-order valence-electron chi connectivity index (χ1n) is 12.2. The minimum atomic E-state index is -0.0712. The predicted octanol–water partition coefficient (Wildman–Crippen LogP) is 5.19. The molecule has 3 rings (SSSR count). The van der Waals surface area contributed by atoms with Gasteiger partial charge in [-0.15, -0.1) is 0 Å². The number of benzene rings is 1. The van der Waals surface area contributed by atoms with Gasteiger partial charge in [0.1, 0.15) is 6.07 Å². The van der Waals surface area contributed by atoms with Crippen molar-refractivity contribution in [1.29, 1.82) is 5.26 Å². The molecule has 1 aromatic carbocycles. The van der Waals surface area contributed by atoms with Crippen molar-refractivity contribution < 1.29 is 9.59 Å². The van der Waals surface area contributed by atoms with Gasteiger partial charge in [0.05, 0.1) is 11.3 Å². The quantitative estimate of drug-likeness (QED) is 0.618. The molecule has 1 atom stereocenters. The third kappa shape index (κ3) is 7.55. The Morgan fingerprint density at radius 1 is 1.25 bits per heavy atom. The van der Waals surface area contributed by atoms with Crippen LogP contribution in [0.25, 0.3) is 0 Å². The van der Waals surface area contributed by atoms with Crippen molar-refractivity contribution >= 4 is 23.7 Å². The molecule has 2 aliphatic rings. The first kappa shape index (κ1) is 25.7. The molecule has 2 amide bonds. The number of nitriles is 1. The fourth-order valence-corrected chi connectivity index (χ4v) is 4.51. The van der Waals surface area contributed by atoms with Crippen LogP contribution >= 0.6 is 0 Å². The highest BCUT2D eigenvalue weighted by atomic mass is 16.2. The Kier molecular flexibility index (Phi) is 10.5. The van der Waals surface area contributed by atoms with Crippen molar-refractivity contribution in [1.82, 2.24) is 4.90 Å².